The molecule has 2 heterocycles. The molecular weight excluding hydrogens is 372 g/mol. The van der Waals surface area contributed by atoms with Crippen molar-refractivity contribution in [3.63, 3.8) is 0 Å². The number of thiol groups is 1. The highest BCUT2D eigenvalue weighted by Crippen LogP contribution is 2.31. The molecule has 2 aromatic heterocycles. The Labute approximate surface area is 168 Å². The standard InChI is InChI=1S/C20H18N6OS/c1-11-3-8-16(23-10-11)18(28)20-25-17(15(9-21)19(22)26-20)13-4-6-14(7-5-13)24-12(2)27/h3-8,10,18,28H,1-2H3,(H,24,27)(H2,22,25,26). The third kappa shape index (κ3) is 4.10. The van der Waals surface area contributed by atoms with Crippen molar-refractivity contribution in [3.8, 4) is 17.3 Å². The van der Waals surface area contributed by atoms with Crippen molar-refractivity contribution >= 4 is 30.0 Å². The Morgan fingerprint density at radius 2 is 1.93 bits per heavy atom. The first-order chi connectivity index (χ1) is 13.4. The van der Waals surface area contributed by atoms with Gasteiger partial charge in [0.15, 0.2) is 0 Å². The summed E-state index contributed by atoms with van der Waals surface area (Å²) in [5.74, 6) is 0.277. The van der Waals surface area contributed by atoms with Crippen LogP contribution >= 0.6 is 12.6 Å². The summed E-state index contributed by atoms with van der Waals surface area (Å²) in [5.41, 5.74) is 9.66. The maximum Gasteiger partial charge on any atom is 0.221 e. The van der Waals surface area contributed by atoms with E-state index < -0.39 is 5.25 Å². The SMILES string of the molecule is CC(=O)Nc1ccc(-c2nc(C(S)c3ccc(C)cn3)nc(N)c2C#N)cc1. The Kier molecular flexibility index (Phi) is 5.57. The third-order valence-corrected chi connectivity index (χ3v) is 4.50. The van der Waals surface area contributed by atoms with Gasteiger partial charge in [-0.1, -0.05) is 18.2 Å². The largest absolute Gasteiger partial charge is 0.382 e. The molecule has 1 amide bonds. The van der Waals surface area contributed by atoms with E-state index >= 15 is 0 Å². The summed E-state index contributed by atoms with van der Waals surface area (Å²) >= 11 is 4.59. The molecule has 0 aliphatic heterocycles. The Balaban J connectivity index is 2.04. The summed E-state index contributed by atoms with van der Waals surface area (Å²) in [5, 5.41) is 11.7. The number of nitrogens with one attached hydrogen (secondary N) is 1. The molecule has 140 valence electrons. The second kappa shape index (κ2) is 8.06. The summed E-state index contributed by atoms with van der Waals surface area (Å²) in [7, 11) is 0. The minimum absolute atomic E-state index is 0.0830. The second-order valence-corrected chi connectivity index (χ2v) is 6.74. The highest BCUT2D eigenvalue weighted by atomic mass is 32.1. The highest BCUT2D eigenvalue weighted by molar-refractivity contribution is 7.80. The van der Waals surface area contributed by atoms with Crippen molar-refractivity contribution in [2.24, 2.45) is 0 Å². The van der Waals surface area contributed by atoms with E-state index in [2.05, 4.69) is 39.0 Å². The number of aromatic nitrogens is 3. The van der Waals surface area contributed by atoms with Crippen LogP contribution in [0.4, 0.5) is 11.5 Å². The highest BCUT2D eigenvalue weighted by Gasteiger charge is 2.20. The Morgan fingerprint density at radius 3 is 2.50 bits per heavy atom. The van der Waals surface area contributed by atoms with E-state index in [1.807, 2.05) is 19.1 Å². The minimum Gasteiger partial charge on any atom is -0.382 e. The van der Waals surface area contributed by atoms with Gasteiger partial charge in [0.05, 0.1) is 11.4 Å². The third-order valence-electron chi connectivity index (χ3n) is 4.00. The van der Waals surface area contributed by atoms with Gasteiger partial charge in [-0.15, -0.1) is 0 Å². The van der Waals surface area contributed by atoms with Crippen molar-refractivity contribution in [1.29, 1.82) is 5.26 Å². The number of rotatable bonds is 4. The van der Waals surface area contributed by atoms with Gasteiger partial charge in [0, 0.05) is 24.4 Å². The van der Waals surface area contributed by atoms with Gasteiger partial charge in [0.2, 0.25) is 5.91 Å². The zero-order valence-electron chi connectivity index (χ0n) is 15.3. The minimum atomic E-state index is -0.493. The summed E-state index contributed by atoms with van der Waals surface area (Å²) in [6, 6.07) is 12.8. The van der Waals surface area contributed by atoms with Gasteiger partial charge in [-0.3, -0.25) is 9.78 Å². The summed E-state index contributed by atoms with van der Waals surface area (Å²) < 4.78 is 0. The number of carbonyl (C=O) groups excluding carboxylic acids is 1. The molecule has 3 N–H and O–H groups in total. The quantitative estimate of drug-likeness (QED) is 0.589. The fourth-order valence-electron chi connectivity index (χ4n) is 2.63. The predicted molar refractivity (Wildman–Crippen MR) is 111 cm³/mol. The predicted octanol–water partition coefficient (Wildman–Crippen LogP) is 3.28. The molecule has 0 spiro atoms. The van der Waals surface area contributed by atoms with E-state index in [9.17, 15) is 10.1 Å². The van der Waals surface area contributed by atoms with Gasteiger partial charge in [0.25, 0.3) is 0 Å². The van der Waals surface area contributed by atoms with E-state index in [-0.39, 0.29) is 17.3 Å². The lowest BCUT2D eigenvalue weighted by Gasteiger charge is -2.13. The van der Waals surface area contributed by atoms with Crippen LogP contribution in [-0.2, 0) is 4.79 Å². The molecule has 3 rings (SSSR count). The Morgan fingerprint density at radius 1 is 1.21 bits per heavy atom. The van der Waals surface area contributed by atoms with Crippen LogP contribution in [0, 0.1) is 18.3 Å². The Bertz CT molecular complexity index is 1060. The number of nitrogens with two attached hydrogens (primary N) is 1. The van der Waals surface area contributed by atoms with Gasteiger partial charge in [-0.25, -0.2) is 9.97 Å². The van der Waals surface area contributed by atoms with Crippen molar-refractivity contribution in [1.82, 2.24) is 15.0 Å². The molecule has 0 aliphatic carbocycles. The maximum atomic E-state index is 11.2. The van der Waals surface area contributed by atoms with Crippen LogP contribution in [0.15, 0.2) is 42.6 Å². The molecule has 0 aliphatic rings. The normalized spacial score (nSPS) is 11.5. The number of pyridine rings is 1. The zero-order chi connectivity index (χ0) is 20.3. The van der Waals surface area contributed by atoms with Crippen LogP contribution in [0.2, 0.25) is 0 Å². The average Bonchev–Trinajstić information content (AvgIpc) is 2.67. The summed E-state index contributed by atoms with van der Waals surface area (Å²) in [4.78, 5) is 24.4. The smallest absolute Gasteiger partial charge is 0.221 e. The van der Waals surface area contributed by atoms with E-state index in [1.165, 1.54) is 6.92 Å². The van der Waals surface area contributed by atoms with Crippen molar-refractivity contribution < 1.29 is 4.79 Å². The maximum absolute atomic E-state index is 11.2. The van der Waals surface area contributed by atoms with E-state index in [0.717, 1.165) is 5.56 Å². The van der Waals surface area contributed by atoms with Gasteiger partial charge >= 0.3 is 0 Å². The monoisotopic (exact) mass is 390 g/mol. The van der Waals surface area contributed by atoms with Crippen molar-refractivity contribution in [2.45, 2.75) is 19.1 Å². The molecule has 1 aromatic carbocycles. The number of aryl methyl sites for hydroxylation is 1. The van der Waals surface area contributed by atoms with Crippen LogP contribution in [0.3, 0.4) is 0 Å². The lowest BCUT2D eigenvalue weighted by Crippen LogP contribution is -2.09. The molecule has 0 fully saturated rings. The van der Waals surface area contributed by atoms with E-state index in [4.69, 9.17) is 5.73 Å². The lowest BCUT2D eigenvalue weighted by molar-refractivity contribution is -0.114. The molecule has 28 heavy (non-hydrogen) atoms. The number of nitrogen functional groups attached to an aromatic ring is 1. The summed E-state index contributed by atoms with van der Waals surface area (Å²) in [6.07, 6.45) is 1.74. The molecule has 1 atom stereocenters. The van der Waals surface area contributed by atoms with Gasteiger partial charge in [-0.05, 0) is 30.7 Å². The van der Waals surface area contributed by atoms with Gasteiger partial charge in [-0.2, -0.15) is 17.9 Å². The number of amides is 1. The second-order valence-electron chi connectivity index (χ2n) is 6.22. The summed E-state index contributed by atoms with van der Waals surface area (Å²) in [6.45, 7) is 3.38. The van der Waals surface area contributed by atoms with Crippen molar-refractivity contribution in [3.05, 3.63) is 65.2 Å². The number of hydrogen-bond donors (Lipinski definition) is 3. The molecule has 0 bridgehead atoms. The number of benzene rings is 1. The van der Waals surface area contributed by atoms with Crippen LogP contribution in [0.1, 0.15) is 34.8 Å². The fourth-order valence-corrected chi connectivity index (χ4v) is 2.89. The van der Waals surface area contributed by atoms with Gasteiger partial charge in [0.1, 0.15) is 28.5 Å². The van der Waals surface area contributed by atoms with E-state index in [1.54, 1.807) is 30.5 Å². The number of nitriles is 1. The first kappa shape index (κ1) is 19.3. The molecule has 1 unspecified atom stereocenters. The lowest BCUT2D eigenvalue weighted by atomic mass is 10.1. The van der Waals surface area contributed by atoms with Crippen molar-refractivity contribution in [2.75, 3.05) is 11.1 Å². The molecule has 0 saturated carbocycles. The van der Waals surface area contributed by atoms with Crippen LogP contribution in [0.5, 0.6) is 0 Å². The fraction of sp³-hybridized carbons (Fsp3) is 0.150. The Hall–Kier alpha value is -3.44. The number of hydrogen-bond acceptors (Lipinski definition) is 7. The van der Waals surface area contributed by atoms with Gasteiger partial charge < -0.3 is 11.1 Å². The average molecular weight is 390 g/mol. The van der Waals surface area contributed by atoms with Crippen LogP contribution < -0.4 is 11.1 Å². The molecule has 0 radical (unpaired) electrons. The molecule has 3 aromatic rings. The topological polar surface area (TPSA) is 118 Å². The molecular formula is C20H18N6OS. The van der Waals surface area contributed by atoms with Crippen LogP contribution in [-0.4, -0.2) is 20.9 Å². The molecule has 8 heteroatoms. The number of anilines is 2. The number of nitrogens with zero attached hydrogens (tertiary/aromatic N) is 4. The zero-order valence-corrected chi connectivity index (χ0v) is 16.2. The van der Waals surface area contributed by atoms with E-state index in [0.29, 0.717) is 28.5 Å². The number of carbonyl (C=O) groups is 1. The van der Waals surface area contributed by atoms with Crippen LogP contribution in [0.25, 0.3) is 11.3 Å². The first-order valence-electron chi connectivity index (χ1n) is 8.45. The molecule has 0 saturated heterocycles. The molecule has 7 nitrogen and oxygen atoms in total. The first-order valence-corrected chi connectivity index (χ1v) is 8.97.